The summed E-state index contributed by atoms with van der Waals surface area (Å²) < 4.78 is 10.9. The fourth-order valence-corrected chi connectivity index (χ4v) is 2.47. The van der Waals surface area contributed by atoms with Gasteiger partial charge in [0.2, 0.25) is 0 Å². The Morgan fingerprint density at radius 2 is 1.63 bits per heavy atom. The molecule has 0 fully saturated rings. The number of ether oxygens (including phenoxy) is 2. The molecule has 0 saturated heterocycles. The largest absolute Gasteiger partial charge is 0.445 e. The number of ketones is 1. The molecule has 1 amide bonds. The molecule has 0 unspecified atom stereocenters. The van der Waals surface area contributed by atoms with E-state index < -0.39 is 6.09 Å². The average molecular weight is 367 g/mol. The summed E-state index contributed by atoms with van der Waals surface area (Å²) in [6.45, 7) is 2.33. The van der Waals surface area contributed by atoms with Crippen LogP contribution in [0.4, 0.5) is 4.79 Å². The van der Waals surface area contributed by atoms with E-state index in [1.165, 1.54) is 13.0 Å². The van der Waals surface area contributed by atoms with E-state index in [1.807, 2.05) is 60.7 Å². The smallest absolute Gasteiger partial charge is 0.407 e. The molecular formula is C22H25NO4. The zero-order chi connectivity index (χ0) is 19.3. The zero-order valence-electron chi connectivity index (χ0n) is 15.5. The van der Waals surface area contributed by atoms with Crippen LogP contribution in [0.25, 0.3) is 0 Å². The van der Waals surface area contributed by atoms with Gasteiger partial charge in [0.25, 0.3) is 0 Å². The molecule has 1 N–H and O–H groups in total. The molecule has 0 saturated carbocycles. The van der Waals surface area contributed by atoms with Crippen molar-refractivity contribution in [2.45, 2.75) is 26.0 Å². The van der Waals surface area contributed by atoms with E-state index in [2.05, 4.69) is 5.32 Å². The lowest BCUT2D eigenvalue weighted by Crippen LogP contribution is -2.40. The SMILES string of the molecule is CC(=O)/C=C/COC[C@H](Cc1ccccc1)NC(=O)OCc1ccccc1. The van der Waals surface area contributed by atoms with Crippen molar-refractivity contribution < 1.29 is 19.1 Å². The molecule has 5 nitrogen and oxygen atoms in total. The summed E-state index contributed by atoms with van der Waals surface area (Å²) in [4.78, 5) is 23.0. The molecule has 2 rings (SSSR count). The molecule has 0 radical (unpaired) electrons. The van der Waals surface area contributed by atoms with Crippen molar-refractivity contribution in [3.8, 4) is 0 Å². The van der Waals surface area contributed by atoms with Crippen LogP contribution in [0.3, 0.4) is 0 Å². The Kier molecular flexibility index (Phi) is 8.80. The third kappa shape index (κ3) is 8.83. The monoisotopic (exact) mass is 367 g/mol. The van der Waals surface area contributed by atoms with Crippen LogP contribution >= 0.6 is 0 Å². The van der Waals surface area contributed by atoms with Crippen LogP contribution in [0.15, 0.2) is 72.8 Å². The minimum absolute atomic E-state index is 0.0259. The molecule has 5 heteroatoms. The van der Waals surface area contributed by atoms with E-state index in [4.69, 9.17) is 9.47 Å². The highest BCUT2D eigenvalue weighted by molar-refractivity contribution is 5.87. The number of nitrogens with one attached hydrogen (secondary N) is 1. The molecule has 0 heterocycles. The van der Waals surface area contributed by atoms with Gasteiger partial charge < -0.3 is 14.8 Å². The summed E-state index contributed by atoms with van der Waals surface area (Å²) in [7, 11) is 0. The Morgan fingerprint density at radius 3 is 2.26 bits per heavy atom. The molecule has 142 valence electrons. The first-order valence-electron chi connectivity index (χ1n) is 8.89. The summed E-state index contributed by atoms with van der Waals surface area (Å²) in [5, 5.41) is 2.86. The van der Waals surface area contributed by atoms with E-state index >= 15 is 0 Å². The lowest BCUT2D eigenvalue weighted by molar-refractivity contribution is -0.112. The maximum atomic E-state index is 12.1. The predicted octanol–water partition coefficient (Wildman–Crippen LogP) is 3.69. The molecule has 0 aromatic heterocycles. The highest BCUT2D eigenvalue weighted by atomic mass is 16.5. The van der Waals surface area contributed by atoms with E-state index in [-0.39, 0.29) is 18.4 Å². The molecule has 0 spiro atoms. The van der Waals surface area contributed by atoms with Gasteiger partial charge in [-0.2, -0.15) is 0 Å². The molecule has 0 aliphatic rings. The number of benzene rings is 2. The second-order valence-electron chi connectivity index (χ2n) is 6.14. The van der Waals surface area contributed by atoms with Gasteiger partial charge in [-0.3, -0.25) is 4.79 Å². The van der Waals surface area contributed by atoms with Gasteiger partial charge in [0.15, 0.2) is 5.78 Å². The first-order chi connectivity index (χ1) is 13.1. The summed E-state index contributed by atoms with van der Waals surface area (Å²) in [5.41, 5.74) is 2.02. The number of hydrogen-bond donors (Lipinski definition) is 1. The quantitative estimate of drug-likeness (QED) is 0.514. The molecule has 0 bridgehead atoms. The molecule has 2 aromatic rings. The highest BCUT2D eigenvalue weighted by Gasteiger charge is 2.14. The van der Waals surface area contributed by atoms with Crippen molar-refractivity contribution in [2.24, 2.45) is 0 Å². The lowest BCUT2D eigenvalue weighted by Gasteiger charge is -2.18. The first kappa shape index (κ1) is 20.4. The van der Waals surface area contributed by atoms with Crippen LogP contribution in [0.2, 0.25) is 0 Å². The fraction of sp³-hybridized carbons (Fsp3) is 0.273. The molecule has 2 aromatic carbocycles. The maximum Gasteiger partial charge on any atom is 0.407 e. The van der Waals surface area contributed by atoms with Crippen molar-refractivity contribution in [3.05, 3.63) is 83.9 Å². The van der Waals surface area contributed by atoms with E-state index in [0.717, 1.165) is 11.1 Å². The summed E-state index contributed by atoms with van der Waals surface area (Å²) in [6, 6.07) is 19.1. The van der Waals surface area contributed by atoms with Crippen molar-refractivity contribution in [2.75, 3.05) is 13.2 Å². The van der Waals surface area contributed by atoms with Crippen LogP contribution in [0, 0.1) is 0 Å². The molecule has 0 aliphatic carbocycles. The molecule has 1 atom stereocenters. The second-order valence-corrected chi connectivity index (χ2v) is 6.14. The van der Waals surface area contributed by atoms with Crippen LogP contribution in [0.1, 0.15) is 18.1 Å². The zero-order valence-corrected chi connectivity index (χ0v) is 15.5. The van der Waals surface area contributed by atoms with Crippen LogP contribution < -0.4 is 5.32 Å². The molecule has 0 aliphatic heterocycles. The number of allylic oxidation sites excluding steroid dienone is 1. The summed E-state index contributed by atoms with van der Waals surface area (Å²) >= 11 is 0. The molecule has 27 heavy (non-hydrogen) atoms. The van der Waals surface area contributed by atoms with E-state index in [0.29, 0.717) is 19.6 Å². The lowest BCUT2D eigenvalue weighted by atomic mass is 10.1. The van der Waals surface area contributed by atoms with Gasteiger partial charge in [-0.25, -0.2) is 4.79 Å². The topological polar surface area (TPSA) is 64.6 Å². The third-order valence-corrected chi connectivity index (χ3v) is 3.75. The first-order valence-corrected chi connectivity index (χ1v) is 8.89. The van der Waals surface area contributed by atoms with Gasteiger partial charge in [0.1, 0.15) is 6.61 Å². The van der Waals surface area contributed by atoms with Crippen LogP contribution in [0.5, 0.6) is 0 Å². The maximum absolute atomic E-state index is 12.1. The van der Waals surface area contributed by atoms with Crippen molar-refractivity contribution in [3.63, 3.8) is 0 Å². The van der Waals surface area contributed by atoms with Gasteiger partial charge in [0.05, 0.1) is 19.3 Å². The van der Waals surface area contributed by atoms with Gasteiger partial charge in [-0.05, 0) is 30.5 Å². The third-order valence-electron chi connectivity index (χ3n) is 3.75. The standard InChI is InChI=1S/C22H25NO4/c1-18(24)9-8-14-26-17-21(15-19-10-4-2-5-11-19)23-22(25)27-16-20-12-6-3-7-13-20/h2-13,21H,14-17H2,1H3,(H,23,25)/b9-8+/t21-/m0/s1. The Morgan fingerprint density at radius 1 is 1.00 bits per heavy atom. The summed E-state index contributed by atoms with van der Waals surface area (Å²) in [6.07, 6.45) is 3.27. The Balaban J connectivity index is 1.85. The minimum atomic E-state index is -0.484. The van der Waals surface area contributed by atoms with Crippen molar-refractivity contribution in [1.29, 1.82) is 0 Å². The average Bonchev–Trinajstić information content (AvgIpc) is 2.67. The predicted molar refractivity (Wildman–Crippen MR) is 104 cm³/mol. The van der Waals surface area contributed by atoms with Crippen molar-refractivity contribution >= 4 is 11.9 Å². The highest BCUT2D eigenvalue weighted by Crippen LogP contribution is 2.05. The van der Waals surface area contributed by atoms with Gasteiger partial charge in [-0.1, -0.05) is 66.7 Å². The van der Waals surface area contributed by atoms with Gasteiger partial charge >= 0.3 is 6.09 Å². The number of amides is 1. The Bertz CT molecular complexity index is 728. The minimum Gasteiger partial charge on any atom is -0.445 e. The second kappa shape index (κ2) is 11.6. The Labute approximate surface area is 160 Å². The number of rotatable bonds is 10. The van der Waals surface area contributed by atoms with Crippen LogP contribution in [-0.4, -0.2) is 31.1 Å². The number of carbonyl (C=O) groups is 2. The van der Waals surface area contributed by atoms with Crippen LogP contribution in [-0.2, 0) is 27.3 Å². The number of carbonyl (C=O) groups excluding carboxylic acids is 2. The molecular weight excluding hydrogens is 342 g/mol. The fourth-order valence-electron chi connectivity index (χ4n) is 2.47. The van der Waals surface area contributed by atoms with Gasteiger partial charge in [0, 0.05) is 0 Å². The number of alkyl carbamates (subject to hydrolysis) is 1. The number of hydrogen-bond acceptors (Lipinski definition) is 4. The van der Waals surface area contributed by atoms with E-state index in [9.17, 15) is 9.59 Å². The Hall–Kier alpha value is -2.92. The van der Waals surface area contributed by atoms with Crippen molar-refractivity contribution in [1.82, 2.24) is 5.32 Å². The van der Waals surface area contributed by atoms with Gasteiger partial charge in [-0.15, -0.1) is 0 Å². The summed E-state index contributed by atoms with van der Waals surface area (Å²) in [5.74, 6) is -0.0259. The van der Waals surface area contributed by atoms with E-state index in [1.54, 1.807) is 6.08 Å². The normalized spacial score (nSPS) is 11.9.